The molecule has 0 saturated heterocycles. The van der Waals surface area contributed by atoms with Crippen LogP contribution in [0.3, 0.4) is 0 Å². The fourth-order valence-corrected chi connectivity index (χ4v) is 2.19. The van der Waals surface area contributed by atoms with Gasteiger partial charge in [-0.3, -0.25) is 9.36 Å². The summed E-state index contributed by atoms with van der Waals surface area (Å²) in [4.78, 5) is 16.0. The van der Waals surface area contributed by atoms with Gasteiger partial charge in [-0.1, -0.05) is 35.3 Å². The second-order valence-corrected chi connectivity index (χ2v) is 4.86. The standard InChI is InChI=1S/C13H12Cl2N2O2/c1-8-3-4-9(10(14)5-8)6-17-7-16-12(15)11(19-2)13(17)18/h3-5,7H,6H2,1-2H3. The third kappa shape index (κ3) is 2.91. The summed E-state index contributed by atoms with van der Waals surface area (Å²) in [6.45, 7) is 2.27. The van der Waals surface area contributed by atoms with E-state index < -0.39 is 0 Å². The molecule has 0 saturated carbocycles. The van der Waals surface area contributed by atoms with Crippen molar-refractivity contribution in [2.75, 3.05) is 7.11 Å². The molecule has 0 aliphatic rings. The summed E-state index contributed by atoms with van der Waals surface area (Å²) in [6.07, 6.45) is 1.38. The van der Waals surface area contributed by atoms with Gasteiger partial charge in [0.2, 0.25) is 5.75 Å². The van der Waals surface area contributed by atoms with Crippen LogP contribution in [0, 0.1) is 6.92 Å². The zero-order valence-corrected chi connectivity index (χ0v) is 12.0. The average molecular weight is 299 g/mol. The van der Waals surface area contributed by atoms with E-state index in [2.05, 4.69) is 4.98 Å². The molecule has 6 heteroatoms. The largest absolute Gasteiger partial charge is 0.489 e. The van der Waals surface area contributed by atoms with E-state index in [1.54, 1.807) is 0 Å². The van der Waals surface area contributed by atoms with Crippen LogP contribution in [0.1, 0.15) is 11.1 Å². The minimum Gasteiger partial charge on any atom is -0.489 e. The molecule has 0 atom stereocenters. The summed E-state index contributed by atoms with van der Waals surface area (Å²) in [6, 6.07) is 5.67. The van der Waals surface area contributed by atoms with Crippen molar-refractivity contribution in [2.24, 2.45) is 0 Å². The maximum atomic E-state index is 12.1. The number of benzene rings is 1. The molecule has 0 aliphatic heterocycles. The van der Waals surface area contributed by atoms with E-state index in [1.807, 2.05) is 25.1 Å². The summed E-state index contributed by atoms with van der Waals surface area (Å²) in [5, 5.41) is 0.666. The molecule has 0 spiro atoms. The molecule has 2 rings (SSSR count). The first-order chi connectivity index (χ1) is 9.02. The highest BCUT2D eigenvalue weighted by Gasteiger charge is 2.11. The van der Waals surface area contributed by atoms with E-state index in [-0.39, 0.29) is 16.5 Å². The maximum Gasteiger partial charge on any atom is 0.297 e. The Labute approximate surface area is 120 Å². The lowest BCUT2D eigenvalue weighted by Gasteiger charge is -2.10. The molecule has 0 fully saturated rings. The number of ether oxygens (including phenoxy) is 1. The highest BCUT2D eigenvalue weighted by atomic mass is 35.5. The lowest BCUT2D eigenvalue weighted by Crippen LogP contribution is -2.22. The molecule has 0 bridgehead atoms. The van der Waals surface area contributed by atoms with Crippen LogP contribution in [0.25, 0.3) is 0 Å². The lowest BCUT2D eigenvalue weighted by molar-refractivity contribution is 0.401. The highest BCUT2D eigenvalue weighted by Crippen LogP contribution is 2.19. The van der Waals surface area contributed by atoms with Crippen molar-refractivity contribution >= 4 is 23.2 Å². The van der Waals surface area contributed by atoms with Gasteiger partial charge in [0.15, 0.2) is 5.15 Å². The van der Waals surface area contributed by atoms with Gasteiger partial charge in [-0.15, -0.1) is 0 Å². The molecule has 0 N–H and O–H groups in total. The van der Waals surface area contributed by atoms with Gasteiger partial charge in [0.05, 0.1) is 20.0 Å². The van der Waals surface area contributed by atoms with Crippen molar-refractivity contribution in [2.45, 2.75) is 13.5 Å². The van der Waals surface area contributed by atoms with Crippen LogP contribution in [0.2, 0.25) is 10.2 Å². The fourth-order valence-electron chi connectivity index (χ4n) is 1.70. The number of hydrogen-bond donors (Lipinski definition) is 0. The van der Waals surface area contributed by atoms with Gasteiger partial charge in [0.1, 0.15) is 0 Å². The minimum atomic E-state index is -0.334. The van der Waals surface area contributed by atoms with Gasteiger partial charge in [0.25, 0.3) is 5.56 Å². The molecular formula is C13H12Cl2N2O2. The van der Waals surface area contributed by atoms with E-state index in [4.69, 9.17) is 27.9 Å². The molecule has 0 radical (unpaired) electrons. The first-order valence-corrected chi connectivity index (χ1v) is 6.32. The van der Waals surface area contributed by atoms with Crippen LogP contribution in [0.4, 0.5) is 0 Å². The zero-order chi connectivity index (χ0) is 14.0. The third-order valence-electron chi connectivity index (χ3n) is 2.71. The first-order valence-electron chi connectivity index (χ1n) is 5.57. The van der Waals surface area contributed by atoms with Crippen LogP contribution in [-0.4, -0.2) is 16.7 Å². The second-order valence-electron chi connectivity index (χ2n) is 4.10. The fraction of sp³-hybridized carbons (Fsp3) is 0.231. The van der Waals surface area contributed by atoms with Crippen LogP contribution < -0.4 is 10.3 Å². The number of aromatic nitrogens is 2. The molecular weight excluding hydrogens is 287 g/mol. The minimum absolute atomic E-state index is 0.0346. The van der Waals surface area contributed by atoms with E-state index >= 15 is 0 Å². The van der Waals surface area contributed by atoms with Crippen LogP contribution >= 0.6 is 23.2 Å². The lowest BCUT2D eigenvalue weighted by atomic mass is 10.1. The van der Waals surface area contributed by atoms with Crippen molar-refractivity contribution in [1.82, 2.24) is 9.55 Å². The third-order valence-corrected chi connectivity index (χ3v) is 3.33. The predicted octanol–water partition coefficient (Wildman–Crippen LogP) is 2.92. The Morgan fingerprint density at radius 3 is 2.74 bits per heavy atom. The summed E-state index contributed by atoms with van der Waals surface area (Å²) in [5.74, 6) is 0.0346. The molecule has 0 aliphatic carbocycles. The molecule has 4 nitrogen and oxygen atoms in total. The van der Waals surface area contributed by atoms with Gasteiger partial charge in [-0.25, -0.2) is 4.98 Å². The topological polar surface area (TPSA) is 44.1 Å². The summed E-state index contributed by atoms with van der Waals surface area (Å²) in [5.41, 5.74) is 1.56. The number of rotatable bonds is 3. The van der Waals surface area contributed by atoms with Crippen molar-refractivity contribution in [3.05, 3.63) is 56.2 Å². The Morgan fingerprint density at radius 2 is 2.11 bits per heavy atom. The van der Waals surface area contributed by atoms with Crippen molar-refractivity contribution < 1.29 is 4.74 Å². The summed E-state index contributed by atoms with van der Waals surface area (Å²) in [7, 11) is 1.38. The Balaban J connectivity index is 2.42. The maximum absolute atomic E-state index is 12.1. The van der Waals surface area contributed by atoms with Crippen LogP contribution in [0.5, 0.6) is 5.75 Å². The van der Waals surface area contributed by atoms with Crippen molar-refractivity contribution in [1.29, 1.82) is 0 Å². The molecule has 1 aromatic carbocycles. The Morgan fingerprint density at radius 1 is 1.37 bits per heavy atom. The van der Waals surface area contributed by atoms with E-state index in [0.717, 1.165) is 11.1 Å². The summed E-state index contributed by atoms with van der Waals surface area (Å²) < 4.78 is 6.35. The number of nitrogens with zero attached hydrogens (tertiary/aromatic N) is 2. The zero-order valence-electron chi connectivity index (χ0n) is 10.5. The number of aryl methyl sites for hydroxylation is 1. The second kappa shape index (κ2) is 5.63. The Kier molecular flexibility index (Phi) is 4.12. The molecule has 19 heavy (non-hydrogen) atoms. The van der Waals surface area contributed by atoms with Gasteiger partial charge in [0, 0.05) is 5.02 Å². The van der Waals surface area contributed by atoms with Crippen molar-refractivity contribution in [3.8, 4) is 5.75 Å². The average Bonchev–Trinajstić information content (AvgIpc) is 2.36. The van der Waals surface area contributed by atoms with Crippen LogP contribution in [-0.2, 0) is 6.54 Å². The number of halogens is 2. The van der Waals surface area contributed by atoms with Crippen molar-refractivity contribution in [3.63, 3.8) is 0 Å². The van der Waals surface area contributed by atoms with E-state index in [9.17, 15) is 4.79 Å². The molecule has 0 unspecified atom stereocenters. The van der Waals surface area contributed by atoms with Gasteiger partial charge < -0.3 is 4.74 Å². The number of methoxy groups -OCH3 is 1. The first kappa shape index (κ1) is 13.9. The molecule has 0 amide bonds. The Bertz CT molecular complexity index is 668. The summed E-state index contributed by atoms with van der Waals surface area (Å²) >= 11 is 11.9. The van der Waals surface area contributed by atoms with Gasteiger partial charge >= 0.3 is 0 Å². The van der Waals surface area contributed by atoms with Crippen LogP contribution in [0.15, 0.2) is 29.3 Å². The highest BCUT2D eigenvalue weighted by molar-refractivity contribution is 6.31. The van der Waals surface area contributed by atoms with E-state index in [1.165, 1.54) is 18.0 Å². The quantitative estimate of drug-likeness (QED) is 0.819. The molecule has 2 aromatic rings. The normalized spacial score (nSPS) is 10.5. The Hall–Kier alpha value is -1.52. The SMILES string of the molecule is COc1c(Cl)ncn(Cc2ccc(C)cc2Cl)c1=O. The molecule has 1 aromatic heterocycles. The predicted molar refractivity (Wildman–Crippen MR) is 75.4 cm³/mol. The smallest absolute Gasteiger partial charge is 0.297 e. The number of hydrogen-bond acceptors (Lipinski definition) is 3. The molecule has 1 heterocycles. The molecule has 100 valence electrons. The van der Waals surface area contributed by atoms with Gasteiger partial charge in [-0.2, -0.15) is 0 Å². The van der Waals surface area contributed by atoms with E-state index in [0.29, 0.717) is 11.6 Å². The monoisotopic (exact) mass is 298 g/mol. The van der Waals surface area contributed by atoms with Gasteiger partial charge in [-0.05, 0) is 24.1 Å².